The van der Waals surface area contributed by atoms with E-state index in [1.165, 1.54) is 23.3 Å². The van der Waals surface area contributed by atoms with Crippen molar-refractivity contribution in [1.29, 1.82) is 0 Å². The molecule has 1 N–H and O–H groups in total. The molecule has 2 heterocycles. The topological polar surface area (TPSA) is 35.6 Å². The van der Waals surface area contributed by atoms with Gasteiger partial charge in [0.1, 0.15) is 5.82 Å². The van der Waals surface area contributed by atoms with Crippen LogP contribution in [0.2, 0.25) is 0 Å². The first-order valence-electron chi connectivity index (χ1n) is 10.5. The van der Waals surface area contributed by atoms with Gasteiger partial charge in [-0.15, -0.1) is 0 Å². The number of piperazine rings is 1. The fourth-order valence-electron chi connectivity index (χ4n) is 4.86. The number of nitrogens with zero attached hydrogens (tertiary/aromatic N) is 2. The number of carbonyl (C=O) groups excluding carboxylic acids is 1. The van der Waals surface area contributed by atoms with E-state index in [1.807, 2.05) is 11.8 Å². The Labute approximate surface area is 172 Å². The number of nitrogens with one attached hydrogen (secondary N) is 1. The maximum Gasteiger partial charge on any atom is 0.318 e. The van der Waals surface area contributed by atoms with Gasteiger partial charge < -0.3 is 10.2 Å². The van der Waals surface area contributed by atoms with Crippen molar-refractivity contribution in [3.8, 4) is 0 Å². The molecule has 2 saturated heterocycles. The second kappa shape index (κ2) is 8.15. The SMILES string of the molecule is Cc1ccccc1CC(C)N1CC2CC1CN2C(=O)NC(C)c1ccc(F)cc1. The summed E-state index contributed by atoms with van der Waals surface area (Å²) in [5.74, 6) is -0.260. The van der Waals surface area contributed by atoms with Gasteiger partial charge >= 0.3 is 6.03 Å². The zero-order valence-electron chi connectivity index (χ0n) is 17.4. The van der Waals surface area contributed by atoms with E-state index >= 15 is 0 Å². The van der Waals surface area contributed by atoms with Gasteiger partial charge in [0.15, 0.2) is 0 Å². The van der Waals surface area contributed by atoms with Gasteiger partial charge in [0, 0.05) is 31.2 Å². The number of amides is 2. The van der Waals surface area contributed by atoms with Crippen LogP contribution in [0, 0.1) is 12.7 Å². The lowest BCUT2D eigenvalue weighted by atomic mass is 10.0. The summed E-state index contributed by atoms with van der Waals surface area (Å²) in [6.07, 6.45) is 2.10. The Hall–Kier alpha value is -2.40. The van der Waals surface area contributed by atoms with E-state index < -0.39 is 0 Å². The first-order chi connectivity index (χ1) is 13.9. The Morgan fingerprint density at radius 2 is 1.83 bits per heavy atom. The Morgan fingerprint density at radius 1 is 1.10 bits per heavy atom. The lowest BCUT2D eigenvalue weighted by Gasteiger charge is -2.38. The minimum atomic E-state index is -0.260. The van der Waals surface area contributed by atoms with Crippen LogP contribution in [-0.2, 0) is 6.42 Å². The number of urea groups is 1. The smallest absolute Gasteiger partial charge is 0.318 e. The minimum absolute atomic E-state index is 0.0134. The first kappa shape index (κ1) is 19.9. The van der Waals surface area contributed by atoms with Crippen LogP contribution in [-0.4, -0.2) is 47.0 Å². The quantitative estimate of drug-likeness (QED) is 0.820. The molecule has 4 atom stereocenters. The number of halogens is 1. The molecule has 0 aromatic heterocycles. The summed E-state index contributed by atoms with van der Waals surface area (Å²) in [5.41, 5.74) is 3.67. The standard InChI is InChI=1S/C24H30FN3O/c1-16-6-4-5-7-20(16)12-17(2)27-14-23-13-22(27)15-28(23)24(29)26-18(3)19-8-10-21(25)11-9-19/h4-11,17-18,22-23H,12-15H2,1-3H3,(H,26,29). The Morgan fingerprint density at radius 3 is 2.48 bits per heavy atom. The molecule has 4 nitrogen and oxygen atoms in total. The second-order valence-corrected chi connectivity index (χ2v) is 8.59. The van der Waals surface area contributed by atoms with Crippen molar-refractivity contribution in [3.63, 3.8) is 0 Å². The second-order valence-electron chi connectivity index (χ2n) is 8.59. The maximum absolute atomic E-state index is 13.1. The van der Waals surface area contributed by atoms with Crippen LogP contribution in [0.4, 0.5) is 9.18 Å². The van der Waals surface area contributed by atoms with Gasteiger partial charge in [0.25, 0.3) is 0 Å². The number of fused-ring (bicyclic) bond motifs is 2. The van der Waals surface area contributed by atoms with Gasteiger partial charge in [-0.25, -0.2) is 9.18 Å². The molecular formula is C24H30FN3O. The number of likely N-dealkylation sites (tertiary alicyclic amines) is 2. The van der Waals surface area contributed by atoms with Crippen molar-refractivity contribution in [3.05, 3.63) is 71.0 Å². The molecule has 0 spiro atoms. The Bertz CT molecular complexity index is 869. The largest absolute Gasteiger partial charge is 0.331 e. The summed E-state index contributed by atoms with van der Waals surface area (Å²) in [5, 5.41) is 3.08. The average molecular weight is 396 g/mol. The zero-order valence-corrected chi connectivity index (χ0v) is 17.4. The number of benzene rings is 2. The molecule has 4 unspecified atom stereocenters. The molecular weight excluding hydrogens is 365 g/mol. The molecule has 2 amide bonds. The van der Waals surface area contributed by atoms with Crippen LogP contribution in [0.15, 0.2) is 48.5 Å². The van der Waals surface area contributed by atoms with Gasteiger partial charge in [-0.2, -0.15) is 0 Å². The normalized spacial score (nSPS) is 23.2. The number of hydrogen-bond acceptors (Lipinski definition) is 2. The van der Waals surface area contributed by atoms with E-state index in [2.05, 4.69) is 48.3 Å². The number of carbonyl (C=O) groups is 1. The monoisotopic (exact) mass is 395 g/mol. The molecule has 0 saturated carbocycles. The maximum atomic E-state index is 13.1. The molecule has 2 aliphatic heterocycles. The molecule has 2 aromatic carbocycles. The van der Waals surface area contributed by atoms with Crippen LogP contribution < -0.4 is 5.32 Å². The van der Waals surface area contributed by atoms with Crippen LogP contribution in [0.5, 0.6) is 0 Å². The van der Waals surface area contributed by atoms with E-state index in [4.69, 9.17) is 0 Å². The first-order valence-corrected chi connectivity index (χ1v) is 10.5. The summed E-state index contributed by atoms with van der Waals surface area (Å²) in [4.78, 5) is 17.4. The molecule has 2 fully saturated rings. The molecule has 154 valence electrons. The molecule has 29 heavy (non-hydrogen) atoms. The Balaban J connectivity index is 1.33. The molecule has 2 aliphatic rings. The summed E-state index contributed by atoms with van der Waals surface area (Å²) in [6.45, 7) is 8.14. The van der Waals surface area contributed by atoms with Gasteiger partial charge in [-0.1, -0.05) is 36.4 Å². The van der Waals surface area contributed by atoms with Crippen LogP contribution in [0.1, 0.15) is 43.0 Å². The predicted octanol–water partition coefficient (Wildman–Crippen LogP) is 4.29. The zero-order chi connectivity index (χ0) is 20.5. The highest BCUT2D eigenvalue weighted by Gasteiger charge is 2.46. The van der Waals surface area contributed by atoms with E-state index in [-0.39, 0.29) is 23.9 Å². The molecule has 0 radical (unpaired) electrons. The number of rotatable bonds is 5. The van der Waals surface area contributed by atoms with E-state index in [0.717, 1.165) is 31.5 Å². The lowest BCUT2D eigenvalue weighted by Crippen LogP contribution is -2.54. The van der Waals surface area contributed by atoms with Crippen molar-refractivity contribution in [2.75, 3.05) is 13.1 Å². The highest BCUT2D eigenvalue weighted by Crippen LogP contribution is 2.33. The summed E-state index contributed by atoms with van der Waals surface area (Å²) in [7, 11) is 0. The fraction of sp³-hybridized carbons (Fsp3) is 0.458. The third-order valence-electron chi connectivity index (χ3n) is 6.60. The number of hydrogen-bond donors (Lipinski definition) is 1. The number of aryl methyl sites for hydroxylation is 1. The third-order valence-corrected chi connectivity index (χ3v) is 6.60. The summed E-state index contributed by atoms with van der Waals surface area (Å²) < 4.78 is 13.1. The third kappa shape index (κ3) is 4.15. The molecule has 2 bridgehead atoms. The fourth-order valence-corrected chi connectivity index (χ4v) is 4.86. The van der Waals surface area contributed by atoms with Crippen molar-refractivity contribution >= 4 is 6.03 Å². The minimum Gasteiger partial charge on any atom is -0.331 e. The average Bonchev–Trinajstić information content (AvgIpc) is 3.31. The van der Waals surface area contributed by atoms with Crippen LogP contribution in [0.3, 0.4) is 0 Å². The lowest BCUT2D eigenvalue weighted by molar-refractivity contribution is 0.108. The predicted molar refractivity (Wildman–Crippen MR) is 113 cm³/mol. The molecule has 2 aromatic rings. The van der Waals surface area contributed by atoms with Gasteiger partial charge in [0.2, 0.25) is 0 Å². The summed E-state index contributed by atoms with van der Waals surface area (Å²) >= 11 is 0. The molecule has 5 heteroatoms. The Kier molecular flexibility index (Phi) is 5.59. The van der Waals surface area contributed by atoms with E-state index in [0.29, 0.717) is 12.1 Å². The van der Waals surface area contributed by atoms with Gasteiger partial charge in [-0.05, 0) is 62.4 Å². The van der Waals surface area contributed by atoms with Crippen molar-refractivity contribution < 1.29 is 9.18 Å². The van der Waals surface area contributed by atoms with Gasteiger partial charge in [0.05, 0.1) is 6.04 Å². The highest BCUT2D eigenvalue weighted by molar-refractivity contribution is 5.75. The highest BCUT2D eigenvalue weighted by atomic mass is 19.1. The van der Waals surface area contributed by atoms with Crippen LogP contribution >= 0.6 is 0 Å². The molecule has 0 aliphatic carbocycles. The van der Waals surface area contributed by atoms with Crippen LogP contribution in [0.25, 0.3) is 0 Å². The summed E-state index contributed by atoms with van der Waals surface area (Å²) in [6, 6.07) is 15.9. The molecule has 4 rings (SSSR count). The van der Waals surface area contributed by atoms with Gasteiger partial charge in [-0.3, -0.25) is 4.90 Å². The van der Waals surface area contributed by atoms with Crippen molar-refractivity contribution in [2.24, 2.45) is 0 Å². The van der Waals surface area contributed by atoms with Crippen molar-refractivity contribution in [1.82, 2.24) is 15.1 Å². The van der Waals surface area contributed by atoms with Crippen molar-refractivity contribution in [2.45, 2.75) is 57.8 Å². The van der Waals surface area contributed by atoms with E-state index in [9.17, 15) is 9.18 Å². The van der Waals surface area contributed by atoms with E-state index in [1.54, 1.807) is 12.1 Å².